The van der Waals surface area contributed by atoms with Crippen molar-refractivity contribution in [1.82, 2.24) is 0 Å². The summed E-state index contributed by atoms with van der Waals surface area (Å²) < 4.78 is 23.8. The number of ketones is 1. The lowest BCUT2D eigenvalue weighted by Gasteiger charge is -2.11. The molecule has 1 aromatic heterocycles. The molecule has 3 rings (SSSR count). The number of halogens is 1. The fraction of sp³-hybridized carbons (Fsp3) is 0.100. The van der Waals surface area contributed by atoms with Gasteiger partial charge in [-0.3, -0.25) is 4.79 Å². The highest BCUT2D eigenvalue weighted by Crippen LogP contribution is 2.22. The van der Waals surface area contributed by atoms with E-state index in [0.717, 1.165) is 0 Å². The second-order valence-corrected chi connectivity index (χ2v) is 6.33. The van der Waals surface area contributed by atoms with Gasteiger partial charge in [-0.05, 0) is 35.7 Å². The van der Waals surface area contributed by atoms with Crippen LogP contribution >= 0.6 is 11.3 Å². The summed E-state index contributed by atoms with van der Waals surface area (Å²) in [6.07, 6.45) is 0. The molecule has 0 atom stereocenters. The first kappa shape index (κ1) is 17.8. The van der Waals surface area contributed by atoms with Crippen LogP contribution in [-0.2, 0) is 11.3 Å². The molecule has 0 fully saturated rings. The average Bonchev–Trinajstić information content (AvgIpc) is 3.20. The van der Waals surface area contributed by atoms with Crippen LogP contribution < -0.4 is 4.74 Å². The first-order valence-electron chi connectivity index (χ1n) is 7.77. The molecular formula is C20H15FO4S. The molecule has 1 heterocycles. The van der Waals surface area contributed by atoms with Crippen molar-refractivity contribution in [2.75, 3.05) is 7.11 Å². The molecular weight excluding hydrogens is 355 g/mol. The number of benzene rings is 2. The summed E-state index contributed by atoms with van der Waals surface area (Å²) in [5.74, 6) is -0.931. The number of rotatable bonds is 6. The summed E-state index contributed by atoms with van der Waals surface area (Å²) in [4.78, 5) is 25.6. The van der Waals surface area contributed by atoms with Crippen molar-refractivity contribution >= 4 is 23.1 Å². The second-order valence-electron chi connectivity index (χ2n) is 5.38. The van der Waals surface area contributed by atoms with Crippen molar-refractivity contribution in [3.8, 4) is 5.75 Å². The molecule has 3 aromatic rings. The van der Waals surface area contributed by atoms with Crippen LogP contribution in [0.1, 0.15) is 31.2 Å². The Bertz CT molecular complexity index is 935. The number of methoxy groups -OCH3 is 1. The summed E-state index contributed by atoms with van der Waals surface area (Å²) in [5, 5.41) is 1.80. The Morgan fingerprint density at radius 3 is 2.50 bits per heavy atom. The molecule has 0 spiro atoms. The Morgan fingerprint density at radius 2 is 1.81 bits per heavy atom. The zero-order chi connectivity index (χ0) is 18.5. The van der Waals surface area contributed by atoms with E-state index < -0.39 is 11.8 Å². The minimum absolute atomic E-state index is 0.165. The number of carbonyl (C=O) groups excluding carboxylic acids is 2. The molecule has 4 nitrogen and oxygen atoms in total. The largest absolute Gasteiger partial charge is 0.496 e. The first-order valence-corrected chi connectivity index (χ1v) is 8.65. The van der Waals surface area contributed by atoms with Crippen LogP contribution in [0.2, 0.25) is 0 Å². The summed E-state index contributed by atoms with van der Waals surface area (Å²) in [6, 6.07) is 13.9. The maximum atomic E-state index is 13.4. The lowest BCUT2D eigenvalue weighted by Crippen LogP contribution is -2.12. The summed E-state index contributed by atoms with van der Waals surface area (Å²) in [5.41, 5.74) is 0.843. The number of carbonyl (C=O) groups is 2. The molecule has 0 saturated carbocycles. The smallest absolute Gasteiger partial charge is 0.339 e. The van der Waals surface area contributed by atoms with Gasteiger partial charge in [-0.1, -0.05) is 24.3 Å². The monoisotopic (exact) mass is 370 g/mol. The SMILES string of the molecule is COc1ccc(F)cc1COC(=O)c1ccccc1C(=O)c1cccs1. The standard InChI is InChI=1S/C20H15FO4S/c1-24-17-9-8-14(21)11-13(17)12-25-20(23)16-6-3-2-5-15(16)19(22)18-7-4-10-26-18/h2-11H,12H2,1H3. The van der Waals surface area contributed by atoms with Gasteiger partial charge in [0.25, 0.3) is 0 Å². The number of esters is 1. The number of ether oxygens (including phenoxy) is 2. The highest BCUT2D eigenvalue weighted by atomic mass is 32.1. The lowest BCUT2D eigenvalue weighted by molar-refractivity contribution is 0.0467. The van der Waals surface area contributed by atoms with Gasteiger partial charge in [-0.2, -0.15) is 0 Å². The van der Waals surface area contributed by atoms with Crippen molar-refractivity contribution in [3.63, 3.8) is 0 Å². The molecule has 132 valence electrons. The van der Waals surface area contributed by atoms with Crippen LogP contribution in [0, 0.1) is 5.82 Å². The predicted octanol–water partition coefficient (Wildman–Crippen LogP) is 4.48. The van der Waals surface area contributed by atoms with Crippen LogP contribution in [-0.4, -0.2) is 18.9 Å². The molecule has 0 unspecified atom stereocenters. The van der Waals surface area contributed by atoms with E-state index in [1.807, 2.05) is 0 Å². The third-order valence-electron chi connectivity index (χ3n) is 3.74. The molecule has 0 radical (unpaired) electrons. The molecule has 0 aliphatic carbocycles. The van der Waals surface area contributed by atoms with E-state index >= 15 is 0 Å². The van der Waals surface area contributed by atoms with Crippen molar-refractivity contribution in [2.45, 2.75) is 6.61 Å². The Kier molecular flexibility index (Phi) is 5.43. The normalized spacial score (nSPS) is 10.4. The fourth-order valence-electron chi connectivity index (χ4n) is 2.48. The second kappa shape index (κ2) is 7.93. The predicted molar refractivity (Wildman–Crippen MR) is 96.3 cm³/mol. The van der Waals surface area contributed by atoms with E-state index in [2.05, 4.69) is 0 Å². The van der Waals surface area contributed by atoms with Gasteiger partial charge in [0.1, 0.15) is 18.2 Å². The molecule has 0 saturated heterocycles. The van der Waals surface area contributed by atoms with E-state index in [-0.39, 0.29) is 23.5 Å². The van der Waals surface area contributed by atoms with Gasteiger partial charge in [0.2, 0.25) is 5.78 Å². The number of hydrogen-bond donors (Lipinski definition) is 0. The number of hydrogen-bond acceptors (Lipinski definition) is 5. The first-order chi connectivity index (χ1) is 12.6. The van der Waals surface area contributed by atoms with E-state index in [4.69, 9.17) is 9.47 Å². The quantitative estimate of drug-likeness (QED) is 0.474. The minimum atomic E-state index is -0.656. The fourth-order valence-corrected chi connectivity index (χ4v) is 3.16. The third kappa shape index (κ3) is 3.81. The molecule has 0 amide bonds. The number of thiophene rings is 1. The van der Waals surface area contributed by atoms with Gasteiger partial charge in [0, 0.05) is 11.1 Å². The van der Waals surface area contributed by atoms with Crippen molar-refractivity contribution in [3.05, 3.63) is 87.4 Å². The maximum Gasteiger partial charge on any atom is 0.339 e. The van der Waals surface area contributed by atoms with E-state index in [1.54, 1.807) is 35.7 Å². The maximum absolute atomic E-state index is 13.4. The van der Waals surface area contributed by atoms with Crippen molar-refractivity contribution in [1.29, 1.82) is 0 Å². The Balaban J connectivity index is 1.81. The lowest BCUT2D eigenvalue weighted by atomic mass is 10.0. The van der Waals surface area contributed by atoms with Crippen LogP contribution in [0.3, 0.4) is 0 Å². The summed E-state index contributed by atoms with van der Waals surface area (Å²) in [7, 11) is 1.45. The Hall–Kier alpha value is -2.99. The zero-order valence-corrected chi connectivity index (χ0v) is 14.7. The third-order valence-corrected chi connectivity index (χ3v) is 4.61. The van der Waals surface area contributed by atoms with E-state index in [1.165, 1.54) is 42.7 Å². The molecule has 0 aliphatic heterocycles. The molecule has 0 bridgehead atoms. The molecule has 26 heavy (non-hydrogen) atoms. The van der Waals surface area contributed by atoms with Gasteiger partial charge < -0.3 is 9.47 Å². The van der Waals surface area contributed by atoms with Gasteiger partial charge in [-0.15, -0.1) is 11.3 Å². The molecule has 0 N–H and O–H groups in total. The van der Waals surface area contributed by atoms with Crippen LogP contribution in [0.4, 0.5) is 4.39 Å². The molecule has 6 heteroatoms. The van der Waals surface area contributed by atoms with Crippen molar-refractivity contribution in [2.24, 2.45) is 0 Å². The minimum Gasteiger partial charge on any atom is -0.496 e. The van der Waals surface area contributed by atoms with Gasteiger partial charge >= 0.3 is 5.97 Å². The molecule has 2 aromatic carbocycles. The van der Waals surface area contributed by atoms with Crippen LogP contribution in [0.25, 0.3) is 0 Å². The Labute approximate surface area is 153 Å². The molecule has 0 aliphatic rings. The summed E-state index contributed by atoms with van der Waals surface area (Å²) >= 11 is 1.30. The van der Waals surface area contributed by atoms with Gasteiger partial charge in [0.05, 0.1) is 17.6 Å². The van der Waals surface area contributed by atoms with Crippen molar-refractivity contribution < 1.29 is 23.5 Å². The van der Waals surface area contributed by atoms with E-state index in [9.17, 15) is 14.0 Å². The average molecular weight is 370 g/mol. The zero-order valence-electron chi connectivity index (χ0n) is 13.9. The van der Waals surface area contributed by atoms with Gasteiger partial charge in [0.15, 0.2) is 0 Å². The van der Waals surface area contributed by atoms with Crippen LogP contribution in [0.15, 0.2) is 60.0 Å². The van der Waals surface area contributed by atoms with Gasteiger partial charge in [-0.25, -0.2) is 9.18 Å². The van der Waals surface area contributed by atoms with Crippen LogP contribution in [0.5, 0.6) is 5.75 Å². The highest BCUT2D eigenvalue weighted by Gasteiger charge is 2.20. The summed E-state index contributed by atoms with van der Waals surface area (Å²) in [6.45, 7) is -0.165. The highest BCUT2D eigenvalue weighted by molar-refractivity contribution is 7.12. The van der Waals surface area contributed by atoms with E-state index in [0.29, 0.717) is 16.2 Å². The topological polar surface area (TPSA) is 52.6 Å². The Morgan fingerprint density at radius 1 is 1.04 bits per heavy atom.